The van der Waals surface area contributed by atoms with Gasteiger partial charge in [0, 0.05) is 25.8 Å². The number of amides is 3. The van der Waals surface area contributed by atoms with E-state index in [-0.39, 0.29) is 24.0 Å². The molecule has 2 heterocycles. The molecule has 0 spiro atoms. The van der Waals surface area contributed by atoms with Crippen LogP contribution in [0.2, 0.25) is 0 Å². The van der Waals surface area contributed by atoms with Crippen molar-refractivity contribution in [3.63, 3.8) is 0 Å². The smallest absolute Gasteiger partial charge is 0.315 e. The number of nitrogens with zero attached hydrogens (tertiary/aromatic N) is 2. The predicted molar refractivity (Wildman–Crippen MR) is 135 cm³/mol. The van der Waals surface area contributed by atoms with Crippen LogP contribution in [0, 0.1) is 5.92 Å². The maximum atomic E-state index is 13.1. The lowest BCUT2D eigenvalue weighted by Gasteiger charge is -2.27. The summed E-state index contributed by atoms with van der Waals surface area (Å²) in [5, 5.41) is 19.0. The van der Waals surface area contributed by atoms with E-state index in [0.717, 1.165) is 5.56 Å². The second-order valence-electron chi connectivity index (χ2n) is 9.35. The quantitative estimate of drug-likeness (QED) is 0.398. The fourth-order valence-electron chi connectivity index (χ4n) is 4.10. The summed E-state index contributed by atoms with van der Waals surface area (Å²) in [6.45, 7) is 4.27. The van der Waals surface area contributed by atoms with Gasteiger partial charge in [-0.3, -0.25) is 4.79 Å². The number of carbonyl (C=O) groups excluding carboxylic acids is 2. The van der Waals surface area contributed by atoms with Crippen molar-refractivity contribution in [3.05, 3.63) is 60.3 Å². The number of aromatic nitrogens is 1. The van der Waals surface area contributed by atoms with E-state index in [2.05, 4.69) is 20.9 Å². The van der Waals surface area contributed by atoms with Crippen molar-refractivity contribution >= 4 is 22.0 Å². The SMILES string of the molecule is CC(C)C[C@H](NC(=O)NCc1ccccc1)C(=O)NC1CCCN(S(=O)(=O)c2ccccn2)CC1O. The molecule has 196 valence electrons. The van der Waals surface area contributed by atoms with Crippen LogP contribution in [0.25, 0.3) is 0 Å². The highest BCUT2D eigenvalue weighted by Crippen LogP contribution is 2.20. The highest BCUT2D eigenvalue weighted by molar-refractivity contribution is 7.89. The summed E-state index contributed by atoms with van der Waals surface area (Å²) < 4.78 is 27.1. The molecule has 1 aromatic carbocycles. The number of aliphatic hydroxyl groups is 1. The Morgan fingerprint density at radius 1 is 1.14 bits per heavy atom. The molecule has 1 aliphatic heterocycles. The Balaban J connectivity index is 1.60. The van der Waals surface area contributed by atoms with Crippen molar-refractivity contribution in [1.29, 1.82) is 0 Å². The molecule has 1 fully saturated rings. The fourth-order valence-corrected chi connectivity index (χ4v) is 5.53. The van der Waals surface area contributed by atoms with Gasteiger partial charge in [0.2, 0.25) is 5.91 Å². The van der Waals surface area contributed by atoms with Crippen molar-refractivity contribution in [2.45, 2.75) is 62.9 Å². The molecule has 3 rings (SSSR count). The van der Waals surface area contributed by atoms with Gasteiger partial charge in [0.1, 0.15) is 6.04 Å². The van der Waals surface area contributed by atoms with Crippen LogP contribution in [0.3, 0.4) is 0 Å². The van der Waals surface area contributed by atoms with Crippen LogP contribution in [0.1, 0.15) is 38.7 Å². The van der Waals surface area contributed by atoms with E-state index in [9.17, 15) is 23.1 Å². The molecule has 0 bridgehead atoms. The van der Waals surface area contributed by atoms with Crippen LogP contribution < -0.4 is 16.0 Å². The summed E-state index contributed by atoms with van der Waals surface area (Å²) in [7, 11) is -3.86. The predicted octanol–water partition coefficient (Wildman–Crippen LogP) is 1.63. The van der Waals surface area contributed by atoms with Gasteiger partial charge in [-0.15, -0.1) is 0 Å². The molecule has 0 radical (unpaired) electrons. The molecule has 10 nitrogen and oxygen atoms in total. The summed E-state index contributed by atoms with van der Waals surface area (Å²) >= 11 is 0. The number of hydrogen-bond acceptors (Lipinski definition) is 6. The first-order valence-electron chi connectivity index (χ1n) is 12.1. The molecule has 4 N–H and O–H groups in total. The Morgan fingerprint density at radius 3 is 2.53 bits per heavy atom. The zero-order valence-electron chi connectivity index (χ0n) is 20.6. The summed E-state index contributed by atoms with van der Waals surface area (Å²) in [6, 6.07) is 12.2. The van der Waals surface area contributed by atoms with Crippen LogP contribution in [0.5, 0.6) is 0 Å². The first-order chi connectivity index (χ1) is 17.2. The topological polar surface area (TPSA) is 141 Å². The zero-order chi connectivity index (χ0) is 26.1. The molecule has 1 aromatic heterocycles. The van der Waals surface area contributed by atoms with Crippen LogP contribution in [-0.4, -0.2) is 66.0 Å². The van der Waals surface area contributed by atoms with E-state index in [1.807, 2.05) is 44.2 Å². The van der Waals surface area contributed by atoms with E-state index >= 15 is 0 Å². The third-order valence-corrected chi connectivity index (χ3v) is 7.75. The van der Waals surface area contributed by atoms with Crippen LogP contribution in [0.4, 0.5) is 4.79 Å². The van der Waals surface area contributed by atoms with Crippen molar-refractivity contribution in [1.82, 2.24) is 25.2 Å². The number of β-amino-alcohol motifs (C(OH)–C–C–N with tert-alkyl or cyclic N) is 1. The van der Waals surface area contributed by atoms with Crippen molar-refractivity contribution in [2.75, 3.05) is 13.1 Å². The van der Waals surface area contributed by atoms with Crippen LogP contribution in [-0.2, 0) is 21.4 Å². The number of nitrogens with one attached hydrogen (secondary N) is 3. The lowest BCUT2D eigenvalue weighted by atomic mass is 10.0. The van der Waals surface area contributed by atoms with Gasteiger partial charge in [-0.25, -0.2) is 18.2 Å². The van der Waals surface area contributed by atoms with Crippen LogP contribution in [0.15, 0.2) is 59.8 Å². The highest BCUT2D eigenvalue weighted by Gasteiger charge is 2.35. The number of aliphatic hydroxyl groups excluding tert-OH is 1. The Morgan fingerprint density at radius 2 is 1.86 bits per heavy atom. The lowest BCUT2D eigenvalue weighted by Crippen LogP contribution is -2.55. The Kier molecular flexibility index (Phi) is 9.80. The van der Waals surface area contributed by atoms with E-state index < -0.39 is 40.1 Å². The van der Waals surface area contributed by atoms with Gasteiger partial charge < -0.3 is 21.1 Å². The van der Waals surface area contributed by atoms with E-state index in [1.54, 1.807) is 12.1 Å². The minimum absolute atomic E-state index is 0.0811. The van der Waals surface area contributed by atoms with Gasteiger partial charge in [-0.05, 0) is 42.9 Å². The largest absolute Gasteiger partial charge is 0.390 e. The monoisotopic (exact) mass is 517 g/mol. The third-order valence-electron chi connectivity index (χ3n) is 5.97. The normalized spacial score (nSPS) is 19.8. The maximum Gasteiger partial charge on any atom is 0.315 e. The molecule has 3 amide bonds. The molecule has 36 heavy (non-hydrogen) atoms. The fraction of sp³-hybridized carbons (Fsp3) is 0.480. The van der Waals surface area contributed by atoms with Gasteiger partial charge >= 0.3 is 6.03 Å². The highest BCUT2D eigenvalue weighted by atomic mass is 32.2. The average molecular weight is 518 g/mol. The number of urea groups is 1. The van der Waals surface area contributed by atoms with E-state index in [4.69, 9.17) is 0 Å². The molecule has 1 aliphatic rings. The molecule has 0 aliphatic carbocycles. The molecule has 2 aromatic rings. The maximum absolute atomic E-state index is 13.1. The summed E-state index contributed by atoms with van der Waals surface area (Å²) in [5.41, 5.74) is 0.935. The van der Waals surface area contributed by atoms with Gasteiger partial charge in [0.15, 0.2) is 5.03 Å². The molecule has 11 heteroatoms. The number of benzene rings is 1. The molecular formula is C25H35N5O5S. The minimum Gasteiger partial charge on any atom is -0.390 e. The number of sulfonamides is 1. The summed E-state index contributed by atoms with van der Waals surface area (Å²) in [5.74, 6) is -0.281. The van der Waals surface area contributed by atoms with E-state index in [0.29, 0.717) is 25.8 Å². The molecular weight excluding hydrogens is 482 g/mol. The van der Waals surface area contributed by atoms with Crippen molar-refractivity contribution < 1.29 is 23.1 Å². The first-order valence-corrected chi connectivity index (χ1v) is 13.6. The Hall–Kier alpha value is -3.02. The third kappa shape index (κ3) is 7.74. The van der Waals surface area contributed by atoms with Gasteiger partial charge in [-0.2, -0.15) is 4.31 Å². The van der Waals surface area contributed by atoms with Crippen molar-refractivity contribution in [2.24, 2.45) is 5.92 Å². The molecule has 1 saturated heterocycles. The minimum atomic E-state index is -3.86. The Bertz CT molecular complexity index is 1100. The summed E-state index contributed by atoms with van der Waals surface area (Å²) in [4.78, 5) is 29.5. The lowest BCUT2D eigenvalue weighted by molar-refractivity contribution is -0.124. The average Bonchev–Trinajstić information content (AvgIpc) is 3.05. The summed E-state index contributed by atoms with van der Waals surface area (Å²) in [6.07, 6.45) is 1.56. The Labute approximate surface area is 212 Å². The standard InChI is InChI=1S/C25H35N5O5S/c1-18(2)15-21(29-25(33)27-16-19-9-4-3-5-10-19)24(32)28-20-11-8-14-30(17-22(20)31)36(34,35)23-12-6-7-13-26-23/h3-7,9-10,12-13,18,20-22,31H,8,11,14-17H2,1-2H3,(H,28,32)(H2,27,29,33)/t20?,21-,22?/m0/s1. The zero-order valence-corrected chi connectivity index (χ0v) is 21.4. The van der Waals surface area contributed by atoms with Crippen molar-refractivity contribution in [3.8, 4) is 0 Å². The van der Waals surface area contributed by atoms with Gasteiger partial charge in [0.25, 0.3) is 10.0 Å². The molecule has 2 unspecified atom stereocenters. The van der Waals surface area contributed by atoms with E-state index in [1.165, 1.54) is 16.6 Å². The number of carbonyl (C=O) groups is 2. The number of rotatable bonds is 9. The van der Waals surface area contributed by atoms with Crippen LogP contribution >= 0.6 is 0 Å². The number of hydrogen-bond donors (Lipinski definition) is 4. The second kappa shape index (κ2) is 12.8. The molecule has 3 atom stereocenters. The van der Waals surface area contributed by atoms with Gasteiger partial charge in [0.05, 0.1) is 12.1 Å². The first kappa shape index (κ1) is 27.6. The van der Waals surface area contributed by atoms with Gasteiger partial charge in [-0.1, -0.05) is 50.2 Å². The second-order valence-corrected chi connectivity index (χ2v) is 11.2. The number of pyridine rings is 1. The molecule has 0 saturated carbocycles.